The van der Waals surface area contributed by atoms with Crippen LogP contribution < -0.4 is 4.72 Å². The standard InChI is InChI=1S/C20H14F2N6O3S/c1-2-28-10-12(8-26-28)32(30,31)27-16-4-3-15(21)17(18(16)22)19(29)14-9-25-20-13(14)5-11(6-23)7-24-20/h3-5,7-10,27H,2H2,1H3,(H,24,25). The molecule has 0 aliphatic heterocycles. The fourth-order valence-corrected chi connectivity index (χ4v) is 4.10. The highest BCUT2D eigenvalue weighted by molar-refractivity contribution is 7.92. The highest BCUT2D eigenvalue weighted by Gasteiger charge is 2.27. The minimum absolute atomic E-state index is 0.119. The van der Waals surface area contributed by atoms with Crippen LogP contribution in [0.15, 0.2) is 47.9 Å². The second-order valence-corrected chi connectivity index (χ2v) is 8.37. The Labute approximate surface area is 180 Å². The van der Waals surface area contributed by atoms with Crippen LogP contribution in [0.1, 0.15) is 28.4 Å². The lowest BCUT2D eigenvalue weighted by molar-refractivity contribution is 0.103. The fraction of sp³-hybridized carbons (Fsp3) is 0.100. The molecular weight excluding hydrogens is 442 g/mol. The number of rotatable bonds is 6. The van der Waals surface area contributed by atoms with Gasteiger partial charge in [0.15, 0.2) is 5.82 Å². The molecule has 4 aromatic rings. The number of hydrogen-bond acceptors (Lipinski definition) is 6. The van der Waals surface area contributed by atoms with E-state index in [4.69, 9.17) is 5.26 Å². The van der Waals surface area contributed by atoms with Gasteiger partial charge < -0.3 is 4.98 Å². The first kappa shape index (κ1) is 21.1. The molecule has 1 aromatic carbocycles. The molecule has 3 aromatic heterocycles. The van der Waals surface area contributed by atoms with Gasteiger partial charge in [-0.25, -0.2) is 22.2 Å². The van der Waals surface area contributed by atoms with Crippen LogP contribution in [0.25, 0.3) is 11.0 Å². The second-order valence-electron chi connectivity index (χ2n) is 6.68. The molecule has 0 aliphatic carbocycles. The number of nitrogens with zero attached hydrogens (tertiary/aromatic N) is 4. The van der Waals surface area contributed by atoms with Gasteiger partial charge in [-0.15, -0.1) is 0 Å². The van der Waals surface area contributed by atoms with Crippen molar-refractivity contribution in [1.29, 1.82) is 5.26 Å². The van der Waals surface area contributed by atoms with Gasteiger partial charge in [-0.3, -0.25) is 14.2 Å². The van der Waals surface area contributed by atoms with Crippen molar-refractivity contribution in [2.45, 2.75) is 18.4 Å². The molecule has 0 atom stereocenters. The van der Waals surface area contributed by atoms with Crippen molar-refractivity contribution in [3.8, 4) is 6.07 Å². The van der Waals surface area contributed by atoms with Crippen molar-refractivity contribution in [2.24, 2.45) is 0 Å². The average Bonchev–Trinajstić information content (AvgIpc) is 3.42. The first-order valence-corrected chi connectivity index (χ1v) is 10.7. The number of H-pyrrole nitrogens is 1. The average molecular weight is 456 g/mol. The van der Waals surface area contributed by atoms with E-state index in [1.807, 2.05) is 10.8 Å². The number of carbonyl (C=O) groups excluding carboxylic acids is 1. The Balaban J connectivity index is 1.76. The van der Waals surface area contributed by atoms with Crippen LogP contribution in [0, 0.1) is 23.0 Å². The molecule has 0 radical (unpaired) electrons. The highest BCUT2D eigenvalue weighted by atomic mass is 32.2. The summed E-state index contributed by atoms with van der Waals surface area (Å²) < 4.78 is 58.2. The van der Waals surface area contributed by atoms with E-state index in [1.54, 1.807) is 6.92 Å². The molecule has 0 saturated carbocycles. The molecule has 0 amide bonds. The maximum atomic E-state index is 15.2. The zero-order valence-electron chi connectivity index (χ0n) is 16.4. The van der Waals surface area contributed by atoms with Gasteiger partial charge in [0.25, 0.3) is 10.0 Å². The number of benzene rings is 1. The fourth-order valence-electron chi connectivity index (χ4n) is 3.09. The summed E-state index contributed by atoms with van der Waals surface area (Å²) in [5, 5.41) is 13.1. The van der Waals surface area contributed by atoms with Gasteiger partial charge in [0, 0.05) is 36.1 Å². The summed E-state index contributed by atoms with van der Waals surface area (Å²) in [6.45, 7) is 2.18. The molecule has 2 N–H and O–H groups in total. The predicted octanol–water partition coefficient (Wildman–Crippen LogP) is 2.96. The molecule has 0 saturated heterocycles. The van der Waals surface area contributed by atoms with E-state index in [0.717, 1.165) is 18.3 Å². The minimum Gasteiger partial charge on any atom is -0.345 e. The van der Waals surface area contributed by atoms with E-state index in [9.17, 15) is 17.6 Å². The number of aromatic amines is 1. The molecule has 0 spiro atoms. The molecule has 4 rings (SSSR count). The maximum absolute atomic E-state index is 15.2. The summed E-state index contributed by atoms with van der Waals surface area (Å²) in [5.74, 6) is -3.59. The van der Waals surface area contributed by atoms with Crippen LogP contribution in [0.5, 0.6) is 0 Å². The highest BCUT2D eigenvalue weighted by Crippen LogP contribution is 2.28. The van der Waals surface area contributed by atoms with Crippen molar-refractivity contribution in [1.82, 2.24) is 19.7 Å². The largest absolute Gasteiger partial charge is 0.345 e. The van der Waals surface area contributed by atoms with Crippen molar-refractivity contribution in [3.05, 3.63) is 71.3 Å². The van der Waals surface area contributed by atoms with Gasteiger partial charge in [0.2, 0.25) is 5.78 Å². The number of ketones is 1. The second kappa shape index (κ2) is 7.86. The summed E-state index contributed by atoms with van der Waals surface area (Å²) in [6.07, 6.45) is 4.84. The third-order valence-electron chi connectivity index (χ3n) is 4.71. The summed E-state index contributed by atoms with van der Waals surface area (Å²) in [6, 6.07) is 4.91. The van der Waals surface area contributed by atoms with Crippen molar-refractivity contribution in [3.63, 3.8) is 0 Å². The van der Waals surface area contributed by atoms with Crippen LogP contribution in [0.4, 0.5) is 14.5 Å². The number of pyridine rings is 1. The zero-order chi connectivity index (χ0) is 23.0. The molecular formula is C20H14F2N6O3S. The number of fused-ring (bicyclic) bond motifs is 1. The zero-order valence-corrected chi connectivity index (χ0v) is 17.2. The molecule has 12 heteroatoms. The van der Waals surface area contributed by atoms with Gasteiger partial charge in [-0.1, -0.05) is 0 Å². The number of sulfonamides is 1. The predicted molar refractivity (Wildman–Crippen MR) is 109 cm³/mol. The van der Waals surface area contributed by atoms with E-state index >= 15 is 4.39 Å². The van der Waals surface area contributed by atoms with Crippen LogP contribution in [0.2, 0.25) is 0 Å². The van der Waals surface area contributed by atoms with Gasteiger partial charge >= 0.3 is 0 Å². The molecule has 0 aliphatic rings. The van der Waals surface area contributed by atoms with Crippen molar-refractivity contribution in [2.75, 3.05) is 4.72 Å². The number of hydrogen-bond donors (Lipinski definition) is 2. The smallest absolute Gasteiger partial charge is 0.265 e. The number of carbonyl (C=O) groups is 1. The first-order valence-electron chi connectivity index (χ1n) is 9.20. The molecule has 0 bridgehead atoms. The molecule has 9 nitrogen and oxygen atoms in total. The van der Waals surface area contributed by atoms with E-state index < -0.39 is 38.7 Å². The molecule has 0 unspecified atom stereocenters. The molecule has 162 valence electrons. The van der Waals surface area contributed by atoms with E-state index in [1.165, 1.54) is 29.3 Å². The number of halogens is 2. The Morgan fingerprint density at radius 2 is 2.09 bits per heavy atom. The number of nitriles is 1. The topological polar surface area (TPSA) is 134 Å². The van der Waals surface area contributed by atoms with Crippen LogP contribution >= 0.6 is 0 Å². The van der Waals surface area contributed by atoms with E-state index in [-0.39, 0.29) is 27.1 Å². The number of aromatic nitrogens is 4. The van der Waals surface area contributed by atoms with Crippen LogP contribution in [0.3, 0.4) is 0 Å². The lowest BCUT2D eigenvalue weighted by atomic mass is 10.0. The van der Waals surface area contributed by atoms with Gasteiger partial charge in [0.1, 0.15) is 22.4 Å². The Morgan fingerprint density at radius 3 is 2.78 bits per heavy atom. The SMILES string of the molecule is CCn1cc(S(=O)(=O)Nc2ccc(F)c(C(=O)c3c[nH]c4ncc(C#N)cc34)c2F)cn1. The minimum atomic E-state index is -4.24. The summed E-state index contributed by atoms with van der Waals surface area (Å²) in [7, 11) is -4.24. The Bertz CT molecular complexity index is 1520. The Kier molecular flexibility index (Phi) is 5.19. The Hall–Kier alpha value is -4.11. The molecule has 0 fully saturated rings. The normalized spacial score (nSPS) is 11.4. The van der Waals surface area contributed by atoms with Gasteiger partial charge in [-0.2, -0.15) is 10.4 Å². The van der Waals surface area contributed by atoms with Crippen molar-refractivity contribution >= 4 is 32.5 Å². The number of aryl methyl sites for hydroxylation is 1. The summed E-state index contributed by atoms with van der Waals surface area (Å²) in [5.41, 5.74) is -1.27. The third kappa shape index (κ3) is 3.58. The summed E-state index contributed by atoms with van der Waals surface area (Å²) >= 11 is 0. The molecule has 32 heavy (non-hydrogen) atoms. The monoisotopic (exact) mass is 456 g/mol. The van der Waals surface area contributed by atoms with Gasteiger partial charge in [0.05, 0.1) is 23.0 Å². The van der Waals surface area contributed by atoms with Crippen LogP contribution in [-0.2, 0) is 16.6 Å². The van der Waals surface area contributed by atoms with Gasteiger partial charge in [-0.05, 0) is 25.1 Å². The Morgan fingerprint density at radius 1 is 1.31 bits per heavy atom. The lowest BCUT2D eigenvalue weighted by Crippen LogP contribution is -2.16. The van der Waals surface area contributed by atoms with Crippen LogP contribution in [-0.4, -0.2) is 33.9 Å². The molecule has 3 heterocycles. The van der Waals surface area contributed by atoms with E-state index in [0.29, 0.717) is 6.54 Å². The number of anilines is 1. The van der Waals surface area contributed by atoms with Crippen molar-refractivity contribution < 1.29 is 22.0 Å². The third-order valence-corrected chi connectivity index (χ3v) is 6.03. The summed E-state index contributed by atoms with van der Waals surface area (Å²) in [4.78, 5) is 19.5. The number of nitrogens with one attached hydrogen (secondary N) is 2. The quantitative estimate of drug-likeness (QED) is 0.429. The maximum Gasteiger partial charge on any atom is 0.265 e. The van der Waals surface area contributed by atoms with E-state index in [2.05, 4.69) is 15.1 Å². The lowest BCUT2D eigenvalue weighted by Gasteiger charge is -2.11. The first-order chi connectivity index (χ1) is 15.2.